The molecule has 0 aliphatic carbocycles. The van der Waals surface area contributed by atoms with Crippen LogP contribution in [0.3, 0.4) is 0 Å². The Bertz CT molecular complexity index is 432. The molecule has 0 fully saturated rings. The van der Waals surface area contributed by atoms with Gasteiger partial charge in [-0.15, -0.1) is 6.42 Å². The second-order valence-corrected chi connectivity index (χ2v) is 3.54. The lowest BCUT2D eigenvalue weighted by Gasteiger charge is -2.18. The van der Waals surface area contributed by atoms with E-state index in [4.69, 9.17) is 6.42 Å². The highest BCUT2D eigenvalue weighted by atomic mass is 16.3. The van der Waals surface area contributed by atoms with Gasteiger partial charge in [0.15, 0.2) is 0 Å². The third-order valence-corrected chi connectivity index (χ3v) is 2.33. The molecule has 1 aromatic rings. The highest BCUT2D eigenvalue weighted by molar-refractivity contribution is 5.97. The van der Waals surface area contributed by atoms with Crippen LogP contribution >= 0.6 is 0 Å². The molecule has 84 valence electrons. The normalized spacial score (nSPS) is 9.56. The molecule has 3 nitrogen and oxygen atoms in total. The average Bonchev–Trinajstić information content (AvgIpc) is 2.28. The summed E-state index contributed by atoms with van der Waals surface area (Å²) in [5.74, 6) is 2.18. The molecular weight excluding hydrogens is 202 g/mol. The van der Waals surface area contributed by atoms with E-state index in [2.05, 4.69) is 5.92 Å². The van der Waals surface area contributed by atoms with Crippen molar-refractivity contribution < 1.29 is 9.90 Å². The van der Waals surface area contributed by atoms with Crippen molar-refractivity contribution in [3.63, 3.8) is 0 Å². The topological polar surface area (TPSA) is 40.5 Å². The van der Waals surface area contributed by atoms with E-state index in [-0.39, 0.29) is 18.2 Å². The lowest BCUT2D eigenvalue weighted by atomic mass is 10.1. The molecule has 0 saturated heterocycles. The highest BCUT2D eigenvalue weighted by Crippen LogP contribution is 2.19. The molecule has 0 bridgehead atoms. The Kier molecular flexibility index (Phi) is 3.96. The highest BCUT2D eigenvalue weighted by Gasteiger charge is 2.16. The number of amides is 1. The third-order valence-electron chi connectivity index (χ3n) is 2.33. The van der Waals surface area contributed by atoms with E-state index in [1.165, 1.54) is 11.0 Å². The molecule has 0 radical (unpaired) electrons. The summed E-state index contributed by atoms with van der Waals surface area (Å²) in [5.41, 5.74) is 1.23. The van der Waals surface area contributed by atoms with Crippen LogP contribution in [0.25, 0.3) is 0 Å². The van der Waals surface area contributed by atoms with Crippen LogP contribution in [0.5, 0.6) is 5.75 Å². The van der Waals surface area contributed by atoms with Crippen LogP contribution in [0, 0.1) is 19.3 Å². The van der Waals surface area contributed by atoms with Gasteiger partial charge < -0.3 is 10.0 Å². The van der Waals surface area contributed by atoms with Crippen molar-refractivity contribution in [1.82, 2.24) is 4.90 Å². The van der Waals surface area contributed by atoms with Gasteiger partial charge in [0.1, 0.15) is 5.75 Å². The molecule has 0 aliphatic rings. The summed E-state index contributed by atoms with van der Waals surface area (Å²) < 4.78 is 0. The molecule has 1 N–H and O–H groups in total. The zero-order valence-corrected chi connectivity index (χ0v) is 9.53. The van der Waals surface area contributed by atoms with E-state index in [0.717, 1.165) is 5.56 Å². The minimum Gasteiger partial charge on any atom is -0.507 e. The number of hydrogen-bond donors (Lipinski definition) is 1. The van der Waals surface area contributed by atoms with E-state index in [1.54, 1.807) is 12.1 Å². The molecule has 0 heterocycles. The molecule has 0 spiro atoms. The van der Waals surface area contributed by atoms with Crippen molar-refractivity contribution in [2.45, 2.75) is 13.8 Å². The number of terminal acetylenes is 1. The molecule has 0 atom stereocenters. The van der Waals surface area contributed by atoms with Gasteiger partial charge in [-0.2, -0.15) is 0 Å². The Morgan fingerprint density at radius 2 is 2.25 bits per heavy atom. The van der Waals surface area contributed by atoms with E-state index < -0.39 is 0 Å². The molecular formula is C13H15NO2. The third kappa shape index (κ3) is 2.54. The van der Waals surface area contributed by atoms with Crippen molar-refractivity contribution in [2.24, 2.45) is 0 Å². The molecule has 16 heavy (non-hydrogen) atoms. The number of carbonyl (C=O) groups excluding carboxylic acids is 1. The Morgan fingerprint density at radius 3 is 2.81 bits per heavy atom. The summed E-state index contributed by atoms with van der Waals surface area (Å²) in [5, 5.41) is 9.62. The van der Waals surface area contributed by atoms with Crippen molar-refractivity contribution in [2.75, 3.05) is 13.1 Å². The molecule has 0 saturated carbocycles. The van der Waals surface area contributed by atoms with Crippen LogP contribution in [0.15, 0.2) is 18.2 Å². The first-order valence-corrected chi connectivity index (χ1v) is 5.12. The maximum absolute atomic E-state index is 12.0. The van der Waals surface area contributed by atoms with Gasteiger partial charge in [0.2, 0.25) is 0 Å². The number of rotatable bonds is 3. The van der Waals surface area contributed by atoms with Crippen molar-refractivity contribution in [3.05, 3.63) is 29.3 Å². The number of phenols is 1. The molecule has 1 aromatic carbocycles. The quantitative estimate of drug-likeness (QED) is 0.784. The fourth-order valence-corrected chi connectivity index (χ4v) is 1.43. The maximum atomic E-state index is 12.0. The van der Waals surface area contributed by atoms with Crippen molar-refractivity contribution >= 4 is 5.91 Å². The summed E-state index contributed by atoms with van der Waals surface area (Å²) in [6.45, 7) is 4.49. The number of nitrogens with zero attached hydrogens (tertiary/aromatic N) is 1. The molecule has 0 unspecified atom stereocenters. The predicted molar refractivity (Wildman–Crippen MR) is 63.3 cm³/mol. The number of phenolic OH excluding ortho intramolecular Hbond substituents is 1. The van der Waals surface area contributed by atoms with Crippen molar-refractivity contribution in [3.8, 4) is 18.1 Å². The Morgan fingerprint density at radius 1 is 1.56 bits per heavy atom. The Hall–Kier alpha value is -1.95. The average molecular weight is 217 g/mol. The fourth-order valence-electron chi connectivity index (χ4n) is 1.43. The van der Waals surface area contributed by atoms with Gasteiger partial charge in [-0.3, -0.25) is 4.79 Å². The Balaban J connectivity index is 3.03. The summed E-state index contributed by atoms with van der Waals surface area (Å²) >= 11 is 0. The van der Waals surface area contributed by atoms with Gasteiger partial charge in [0.25, 0.3) is 5.91 Å². The lowest BCUT2D eigenvalue weighted by molar-refractivity contribution is 0.0782. The largest absolute Gasteiger partial charge is 0.507 e. The van der Waals surface area contributed by atoms with Crippen LogP contribution in [0.4, 0.5) is 0 Å². The van der Waals surface area contributed by atoms with E-state index in [1.807, 2.05) is 13.8 Å². The van der Waals surface area contributed by atoms with Gasteiger partial charge >= 0.3 is 0 Å². The first-order chi connectivity index (χ1) is 7.60. The van der Waals surface area contributed by atoms with Crippen LogP contribution in [0.1, 0.15) is 22.8 Å². The van der Waals surface area contributed by atoms with Crippen LogP contribution in [0.2, 0.25) is 0 Å². The second kappa shape index (κ2) is 5.22. The molecule has 1 amide bonds. The monoisotopic (exact) mass is 217 g/mol. The maximum Gasteiger partial charge on any atom is 0.258 e. The van der Waals surface area contributed by atoms with Crippen molar-refractivity contribution in [1.29, 1.82) is 0 Å². The minimum atomic E-state index is -0.235. The van der Waals surface area contributed by atoms with Crippen LogP contribution in [-0.4, -0.2) is 29.0 Å². The van der Waals surface area contributed by atoms with Gasteiger partial charge in [-0.05, 0) is 26.0 Å². The summed E-state index contributed by atoms with van der Waals surface area (Å²) in [4.78, 5) is 13.5. The lowest BCUT2D eigenvalue weighted by Crippen LogP contribution is -2.31. The molecule has 3 heteroatoms. The molecule has 1 rings (SSSR count). The number of aromatic hydroxyl groups is 1. The smallest absolute Gasteiger partial charge is 0.258 e. The number of hydrogen-bond acceptors (Lipinski definition) is 2. The van der Waals surface area contributed by atoms with Crippen LogP contribution in [-0.2, 0) is 0 Å². The Labute approximate surface area is 95.7 Å². The zero-order valence-electron chi connectivity index (χ0n) is 9.53. The van der Waals surface area contributed by atoms with Gasteiger partial charge in [0.05, 0.1) is 12.1 Å². The van der Waals surface area contributed by atoms with E-state index in [0.29, 0.717) is 12.1 Å². The van der Waals surface area contributed by atoms with E-state index >= 15 is 0 Å². The second-order valence-electron chi connectivity index (χ2n) is 3.54. The number of benzene rings is 1. The predicted octanol–water partition coefficient (Wildman–Crippen LogP) is 1.80. The minimum absolute atomic E-state index is 0.00827. The molecule has 0 aromatic heterocycles. The SMILES string of the molecule is C#CCN(CC)C(=O)c1cc(C)ccc1O. The van der Waals surface area contributed by atoms with Crippen LogP contribution < -0.4 is 0 Å². The van der Waals surface area contributed by atoms with Gasteiger partial charge in [-0.25, -0.2) is 0 Å². The van der Waals surface area contributed by atoms with Gasteiger partial charge in [0, 0.05) is 6.54 Å². The first kappa shape index (κ1) is 12.1. The summed E-state index contributed by atoms with van der Waals surface area (Å²) in [6, 6.07) is 4.94. The standard InChI is InChI=1S/C13H15NO2/c1-4-8-14(5-2)13(16)11-9-10(3)6-7-12(11)15/h1,6-7,9,15H,5,8H2,2-3H3. The first-order valence-electron chi connectivity index (χ1n) is 5.12. The molecule has 0 aliphatic heterocycles. The zero-order chi connectivity index (χ0) is 12.1. The summed E-state index contributed by atoms with van der Waals surface area (Å²) in [7, 11) is 0. The van der Waals surface area contributed by atoms with E-state index in [9.17, 15) is 9.90 Å². The number of carbonyl (C=O) groups is 1. The fraction of sp³-hybridized carbons (Fsp3) is 0.308. The number of aryl methyl sites for hydroxylation is 1. The van der Waals surface area contributed by atoms with Gasteiger partial charge in [-0.1, -0.05) is 17.6 Å². The summed E-state index contributed by atoms with van der Waals surface area (Å²) in [6.07, 6.45) is 5.18.